The summed E-state index contributed by atoms with van der Waals surface area (Å²) >= 11 is 0. The third kappa shape index (κ3) is 2.14. The molecule has 76 valence electrons. The van der Waals surface area contributed by atoms with E-state index in [-0.39, 0.29) is 5.54 Å². The van der Waals surface area contributed by atoms with E-state index in [1.165, 1.54) is 5.56 Å². The zero-order valence-corrected chi connectivity index (χ0v) is 8.88. The molecule has 2 heteroatoms. The highest BCUT2D eigenvalue weighted by Crippen LogP contribution is 2.18. The largest absolute Gasteiger partial charge is 0.313 e. The SMILES string of the molecule is CC1(C)CNCC(c2ccccc2)N1. The van der Waals surface area contributed by atoms with Crippen LogP contribution in [0, 0.1) is 0 Å². The fourth-order valence-electron chi connectivity index (χ4n) is 1.99. The van der Waals surface area contributed by atoms with Gasteiger partial charge in [0.05, 0.1) is 0 Å². The minimum absolute atomic E-state index is 0.193. The third-order valence-corrected chi connectivity index (χ3v) is 2.68. The summed E-state index contributed by atoms with van der Waals surface area (Å²) in [5.41, 5.74) is 1.56. The molecule has 0 amide bonds. The van der Waals surface area contributed by atoms with E-state index in [9.17, 15) is 0 Å². The fraction of sp³-hybridized carbons (Fsp3) is 0.500. The normalized spacial score (nSPS) is 26.0. The van der Waals surface area contributed by atoms with Crippen molar-refractivity contribution in [2.24, 2.45) is 0 Å². The Kier molecular flexibility index (Phi) is 2.57. The van der Waals surface area contributed by atoms with E-state index in [0.29, 0.717) is 6.04 Å². The van der Waals surface area contributed by atoms with Crippen molar-refractivity contribution in [2.75, 3.05) is 13.1 Å². The lowest BCUT2D eigenvalue weighted by molar-refractivity contribution is 0.264. The number of benzene rings is 1. The Morgan fingerprint density at radius 2 is 1.93 bits per heavy atom. The van der Waals surface area contributed by atoms with Crippen molar-refractivity contribution in [3.63, 3.8) is 0 Å². The van der Waals surface area contributed by atoms with Crippen molar-refractivity contribution in [3.05, 3.63) is 35.9 Å². The van der Waals surface area contributed by atoms with Gasteiger partial charge in [-0.2, -0.15) is 0 Å². The Morgan fingerprint density at radius 1 is 1.21 bits per heavy atom. The van der Waals surface area contributed by atoms with Crippen LogP contribution in [0.2, 0.25) is 0 Å². The van der Waals surface area contributed by atoms with Gasteiger partial charge in [-0.15, -0.1) is 0 Å². The molecule has 2 nitrogen and oxygen atoms in total. The van der Waals surface area contributed by atoms with Gasteiger partial charge in [0.15, 0.2) is 0 Å². The zero-order valence-electron chi connectivity index (χ0n) is 8.88. The van der Waals surface area contributed by atoms with Crippen molar-refractivity contribution >= 4 is 0 Å². The van der Waals surface area contributed by atoms with Gasteiger partial charge >= 0.3 is 0 Å². The molecular formula is C12H18N2. The smallest absolute Gasteiger partial charge is 0.0451 e. The monoisotopic (exact) mass is 190 g/mol. The van der Waals surface area contributed by atoms with Gasteiger partial charge in [-0.25, -0.2) is 0 Å². The molecule has 1 unspecified atom stereocenters. The summed E-state index contributed by atoms with van der Waals surface area (Å²) in [4.78, 5) is 0. The number of rotatable bonds is 1. The van der Waals surface area contributed by atoms with Gasteiger partial charge in [-0.1, -0.05) is 30.3 Å². The Bertz CT molecular complexity index is 292. The fourth-order valence-corrected chi connectivity index (χ4v) is 1.99. The predicted octanol–water partition coefficient (Wildman–Crippen LogP) is 1.70. The quantitative estimate of drug-likeness (QED) is 0.704. The number of nitrogens with one attached hydrogen (secondary N) is 2. The summed E-state index contributed by atoms with van der Waals surface area (Å²) in [6.45, 7) is 6.52. The first-order chi connectivity index (χ1) is 6.67. The second-order valence-corrected chi connectivity index (χ2v) is 4.62. The lowest BCUT2D eigenvalue weighted by atomic mass is 9.96. The molecule has 0 saturated carbocycles. The molecule has 1 heterocycles. The van der Waals surface area contributed by atoms with Gasteiger partial charge in [-0.3, -0.25) is 0 Å². The minimum atomic E-state index is 0.193. The van der Waals surface area contributed by atoms with Crippen LogP contribution in [0.25, 0.3) is 0 Å². The topological polar surface area (TPSA) is 24.1 Å². The van der Waals surface area contributed by atoms with E-state index in [4.69, 9.17) is 0 Å². The second kappa shape index (κ2) is 3.71. The average molecular weight is 190 g/mol. The minimum Gasteiger partial charge on any atom is -0.313 e. The molecule has 0 radical (unpaired) electrons. The summed E-state index contributed by atoms with van der Waals surface area (Å²) < 4.78 is 0. The summed E-state index contributed by atoms with van der Waals surface area (Å²) in [5.74, 6) is 0. The number of hydrogen-bond acceptors (Lipinski definition) is 2. The Labute approximate surface area is 85.7 Å². The molecule has 2 rings (SSSR count). The molecule has 1 fully saturated rings. The molecule has 0 aliphatic carbocycles. The van der Waals surface area contributed by atoms with Crippen LogP contribution in [0.4, 0.5) is 0 Å². The first-order valence-corrected chi connectivity index (χ1v) is 5.21. The van der Waals surface area contributed by atoms with E-state index >= 15 is 0 Å². The maximum atomic E-state index is 3.65. The Morgan fingerprint density at radius 3 is 2.57 bits per heavy atom. The van der Waals surface area contributed by atoms with Crippen molar-refractivity contribution in [1.29, 1.82) is 0 Å². The van der Waals surface area contributed by atoms with Crippen LogP contribution in [-0.4, -0.2) is 18.6 Å². The van der Waals surface area contributed by atoms with Gasteiger partial charge in [0.2, 0.25) is 0 Å². The molecule has 1 atom stereocenters. The molecule has 0 aromatic heterocycles. The molecule has 1 aliphatic heterocycles. The summed E-state index contributed by atoms with van der Waals surface area (Å²) in [6, 6.07) is 11.1. The number of piperazine rings is 1. The maximum Gasteiger partial charge on any atom is 0.0451 e. The lowest BCUT2D eigenvalue weighted by Gasteiger charge is -2.38. The van der Waals surface area contributed by atoms with Crippen LogP contribution in [0.15, 0.2) is 30.3 Å². The number of hydrogen-bond donors (Lipinski definition) is 2. The first kappa shape index (κ1) is 9.69. The van der Waals surface area contributed by atoms with E-state index in [2.05, 4.69) is 54.8 Å². The van der Waals surface area contributed by atoms with Crippen molar-refractivity contribution in [1.82, 2.24) is 10.6 Å². The summed E-state index contributed by atoms with van der Waals surface area (Å²) in [5, 5.41) is 7.11. The van der Waals surface area contributed by atoms with Gasteiger partial charge in [0, 0.05) is 24.7 Å². The van der Waals surface area contributed by atoms with Crippen LogP contribution < -0.4 is 10.6 Å². The van der Waals surface area contributed by atoms with Crippen LogP contribution in [0.5, 0.6) is 0 Å². The summed E-state index contributed by atoms with van der Waals surface area (Å²) in [7, 11) is 0. The van der Waals surface area contributed by atoms with Gasteiger partial charge in [0.25, 0.3) is 0 Å². The standard InChI is InChI=1S/C12H18N2/c1-12(2)9-13-8-11(14-12)10-6-4-3-5-7-10/h3-7,11,13-14H,8-9H2,1-2H3. The van der Waals surface area contributed by atoms with Crippen molar-refractivity contribution in [3.8, 4) is 0 Å². The van der Waals surface area contributed by atoms with Gasteiger partial charge in [0.1, 0.15) is 0 Å². The van der Waals surface area contributed by atoms with E-state index < -0.39 is 0 Å². The average Bonchev–Trinajstić information content (AvgIpc) is 2.18. The van der Waals surface area contributed by atoms with Crippen LogP contribution in [0.3, 0.4) is 0 Å². The van der Waals surface area contributed by atoms with Crippen LogP contribution in [0.1, 0.15) is 25.5 Å². The highest BCUT2D eigenvalue weighted by molar-refractivity contribution is 5.20. The van der Waals surface area contributed by atoms with Crippen LogP contribution >= 0.6 is 0 Å². The molecule has 0 bridgehead atoms. The second-order valence-electron chi connectivity index (χ2n) is 4.62. The zero-order chi connectivity index (χ0) is 10.0. The highest BCUT2D eigenvalue weighted by atomic mass is 15.1. The molecule has 1 aromatic rings. The first-order valence-electron chi connectivity index (χ1n) is 5.21. The molecule has 1 saturated heterocycles. The lowest BCUT2D eigenvalue weighted by Crippen LogP contribution is -2.56. The van der Waals surface area contributed by atoms with Crippen molar-refractivity contribution in [2.45, 2.75) is 25.4 Å². The van der Waals surface area contributed by atoms with Crippen molar-refractivity contribution < 1.29 is 0 Å². The molecule has 1 aliphatic rings. The Hall–Kier alpha value is -0.860. The maximum absolute atomic E-state index is 3.65. The summed E-state index contributed by atoms with van der Waals surface area (Å²) in [6.07, 6.45) is 0. The van der Waals surface area contributed by atoms with Gasteiger partial charge in [-0.05, 0) is 19.4 Å². The molecular weight excluding hydrogens is 172 g/mol. The van der Waals surface area contributed by atoms with Crippen LogP contribution in [-0.2, 0) is 0 Å². The molecule has 14 heavy (non-hydrogen) atoms. The van der Waals surface area contributed by atoms with E-state index in [1.807, 2.05) is 0 Å². The third-order valence-electron chi connectivity index (χ3n) is 2.68. The Balaban J connectivity index is 2.12. The highest BCUT2D eigenvalue weighted by Gasteiger charge is 2.26. The molecule has 0 spiro atoms. The molecule has 1 aromatic carbocycles. The predicted molar refractivity (Wildman–Crippen MR) is 59.3 cm³/mol. The molecule has 2 N–H and O–H groups in total. The van der Waals surface area contributed by atoms with E-state index in [1.54, 1.807) is 0 Å². The van der Waals surface area contributed by atoms with Gasteiger partial charge < -0.3 is 10.6 Å². The van der Waals surface area contributed by atoms with E-state index in [0.717, 1.165) is 13.1 Å².